The Morgan fingerprint density at radius 1 is 1.35 bits per heavy atom. The van der Waals surface area contributed by atoms with Crippen molar-refractivity contribution in [2.24, 2.45) is 0 Å². The van der Waals surface area contributed by atoms with Crippen LogP contribution in [0.25, 0.3) is 0 Å². The van der Waals surface area contributed by atoms with E-state index in [2.05, 4.69) is 35.4 Å². The Morgan fingerprint density at radius 2 is 2.13 bits per heavy atom. The maximum Gasteiger partial charge on any atom is 0.169 e. The molecule has 1 N–H and O–H groups in total. The molecule has 6 nitrogen and oxygen atoms in total. The second-order valence-electron chi connectivity index (χ2n) is 5.73. The molecule has 0 saturated carbocycles. The maximum atomic E-state index is 5.45. The van der Waals surface area contributed by atoms with Crippen molar-refractivity contribution in [3.8, 4) is 0 Å². The Labute approximate surface area is 143 Å². The molecule has 0 aliphatic rings. The van der Waals surface area contributed by atoms with Gasteiger partial charge in [0.05, 0.1) is 17.9 Å². The Balaban J connectivity index is 1.73. The first-order chi connectivity index (χ1) is 11.0. The van der Waals surface area contributed by atoms with Crippen LogP contribution in [0.2, 0.25) is 0 Å². The molecule has 0 atom stereocenters. The Kier molecular flexibility index (Phi) is 6.15. The molecule has 0 aliphatic carbocycles. The van der Waals surface area contributed by atoms with Gasteiger partial charge in [0.2, 0.25) is 0 Å². The van der Waals surface area contributed by atoms with Crippen molar-refractivity contribution in [1.29, 1.82) is 0 Å². The van der Waals surface area contributed by atoms with Gasteiger partial charge in [-0.25, -0.2) is 0 Å². The molecule has 7 heteroatoms. The molecule has 2 rings (SSSR count). The molecule has 0 unspecified atom stereocenters. The highest BCUT2D eigenvalue weighted by Crippen LogP contribution is 2.04. The van der Waals surface area contributed by atoms with E-state index in [4.69, 9.17) is 12.2 Å². The van der Waals surface area contributed by atoms with Crippen LogP contribution in [0, 0.1) is 13.8 Å². The lowest BCUT2D eigenvalue weighted by molar-refractivity contribution is 0.454. The SMILES string of the molecule is CCn1nccc1CN(C)C(=S)NCCCn1nc(C)cc1C. The number of thiocarbonyl (C=S) groups is 1. The highest BCUT2D eigenvalue weighted by molar-refractivity contribution is 7.80. The molecular weight excluding hydrogens is 308 g/mol. The van der Waals surface area contributed by atoms with Crippen LogP contribution in [0.4, 0.5) is 0 Å². The fraction of sp³-hybridized carbons (Fsp3) is 0.562. The van der Waals surface area contributed by atoms with Gasteiger partial charge in [-0.05, 0) is 51.5 Å². The summed E-state index contributed by atoms with van der Waals surface area (Å²) in [6.45, 7) is 9.58. The van der Waals surface area contributed by atoms with Crippen LogP contribution in [0.1, 0.15) is 30.4 Å². The van der Waals surface area contributed by atoms with E-state index in [9.17, 15) is 0 Å². The smallest absolute Gasteiger partial charge is 0.169 e. The van der Waals surface area contributed by atoms with Gasteiger partial charge in [-0.1, -0.05) is 0 Å². The van der Waals surface area contributed by atoms with Crippen LogP contribution < -0.4 is 5.32 Å². The number of hydrogen-bond donors (Lipinski definition) is 1. The van der Waals surface area contributed by atoms with E-state index in [1.165, 1.54) is 11.4 Å². The third-order valence-corrected chi connectivity index (χ3v) is 4.23. The van der Waals surface area contributed by atoms with Crippen LogP contribution in [0.3, 0.4) is 0 Å². The number of hydrogen-bond acceptors (Lipinski definition) is 3. The van der Waals surface area contributed by atoms with Crippen molar-refractivity contribution in [1.82, 2.24) is 29.8 Å². The highest BCUT2D eigenvalue weighted by atomic mass is 32.1. The number of aryl methyl sites for hydroxylation is 4. The summed E-state index contributed by atoms with van der Waals surface area (Å²) in [6, 6.07) is 4.13. The molecule has 0 fully saturated rings. The van der Waals surface area contributed by atoms with Crippen LogP contribution >= 0.6 is 12.2 Å². The van der Waals surface area contributed by atoms with Gasteiger partial charge in [0, 0.05) is 38.6 Å². The van der Waals surface area contributed by atoms with E-state index < -0.39 is 0 Å². The number of aromatic nitrogens is 4. The first-order valence-corrected chi connectivity index (χ1v) is 8.42. The predicted molar refractivity (Wildman–Crippen MR) is 96.3 cm³/mol. The molecule has 0 aromatic carbocycles. The number of nitrogens with one attached hydrogen (secondary N) is 1. The lowest BCUT2D eigenvalue weighted by atomic mass is 10.4. The molecule has 2 heterocycles. The quantitative estimate of drug-likeness (QED) is 0.621. The first-order valence-electron chi connectivity index (χ1n) is 8.02. The Bertz CT molecular complexity index is 645. The monoisotopic (exact) mass is 334 g/mol. The fourth-order valence-corrected chi connectivity index (χ4v) is 2.72. The highest BCUT2D eigenvalue weighted by Gasteiger charge is 2.08. The van der Waals surface area contributed by atoms with Crippen molar-refractivity contribution >= 4 is 17.3 Å². The summed E-state index contributed by atoms with van der Waals surface area (Å²) >= 11 is 5.45. The van der Waals surface area contributed by atoms with E-state index in [0.29, 0.717) is 0 Å². The van der Waals surface area contributed by atoms with Crippen molar-refractivity contribution in [2.45, 2.75) is 46.8 Å². The second kappa shape index (κ2) is 8.10. The van der Waals surface area contributed by atoms with Gasteiger partial charge in [-0.15, -0.1) is 0 Å². The summed E-state index contributed by atoms with van der Waals surface area (Å²) in [5, 5.41) is 12.8. The van der Waals surface area contributed by atoms with Gasteiger partial charge in [-0.2, -0.15) is 10.2 Å². The summed E-state index contributed by atoms with van der Waals surface area (Å²) < 4.78 is 4.03. The Morgan fingerprint density at radius 3 is 2.78 bits per heavy atom. The topological polar surface area (TPSA) is 50.9 Å². The average molecular weight is 334 g/mol. The molecule has 2 aromatic heterocycles. The molecule has 0 aliphatic heterocycles. The summed E-state index contributed by atoms with van der Waals surface area (Å²) in [4.78, 5) is 2.04. The number of rotatable bonds is 7. The van der Waals surface area contributed by atoms with Crippen LogP contribution in [-0.2, 0) is 19.6 Å². The molecule has 0 saturated heterocycles. The molecule has 0 amide bonds. The molecular formula is C16H26N6S. The van der Waals surface area contributed by atoms with Gasteiger partial charge >= 0.3 is 0 Å². The van der Waals surface area contributed by atoms with Gasteiger partial charge in [-0.3, -0.25) is 9.36 Å². The minimum absolute atomic E-state index is 0.761. The van der Waals surface area contributed by atoms with Crippen LogP contribution in [-0.4, -0.2) is 43.2 Å². The maximum absolute atomic E-state index is 5.45. The minimum Gasteiger partial charge on any atom is -0.362 e. The minimum atomic E-state index is 0.761. The van der Waals surface area contributed by atoms with Crippen LogP contribution in [0.15, 0.2) is 18.3 Å². The molecule has 126 valence electrons. The molecule has 0 radical (unpaired) electrons. The summed E-state index contributed by atoms with van der Waals surface area (Å²) in [5.74, 6) is 0. The number of nitrogens with zero attached hydrogens (tertiary/aromatic N) is 5. The van der Waals surface area contributed by atoms with E-state index >= 15 is 0 Å². The van der Waals surface area contributed by atoms with Crippen LogP contribution in [0.5, 0.6) is 0 Å². The van der Waals surface area contributed by atoms with Gasteiger partial charge in [0.1, 0.15) is 0 Å². The molecule has 23 heavy (non-hydrogen) atoms. The summed E-state index contributed by atoms with van der Waals surface area (Å²) in [5.41, 5.74) is 3.44. The zero-order valence-electron chi connectivity index (χ0n) is 14.4. The fourth-order valence-electron chi connectivity index (χ4n) is 2.55. The van der Waals surface area contributed by atoms with Crippen molar-refractivity contribution in [3.63, 3.8) is 0 Å². The largest absolute Gasteiger partial charge is 0.362 e. The van der Waals surface area contributed by atoms with Crippen molar-refractivity contribution in [2.75, 3.05) is 13.6 Å². The summed E-state index contributed by atoms with van der Waals surface area (Å²) in [6.07, 6.45) is 2.82. The van der Waals surface area contributed by atoms with Gasteiger partial charge in [0.15, 0.2) is 5.11 Å². The van der Waals surface area contributed by atoms with E-state index in [1.807, 2.05) is 40.5 Å². The molecule has 0 spiro atoms. The standard InChI is InChI=1S/C16H26N6S/c1-5-21-15(7-9-18-21)12-20(4)16(23)17-8-6-10-22-14(3)11-13(2)19-22/h7,9,11H,5-6,8,10,12H2,1-4H3,(H,17,23). The predicted octanol–water partition coefficient (Wildman–Crippen LogP) is 2.11. The van der Waals surface area contributed by atoms with E-state index in [-0.39, 0.29) is 0 Å². The molecule has 0 bridgehead atoms. The van der Waals surface area contributed by atoms with E-state index in [0.717, 1.165) is 43.4 Å². The van der Waals surface area contributed by atoms with Crippen molar-refractivity contribution < 1.29 is 0 Å². The average Bonchev–Trinajstić information content (AvgIpc) is 3.09. The molecule has 2 aromatic rings. The third-order valence-electron chi connectivity index (χ3n) is 3.78. The zero-order valence-corrected chi connectivity index (χ0v) is 15.2. The third kappa shape index (κ3) is 4.79. The summed E-state index contributed by atoms with van der Waals surface area (Å²) in [7, 11) is 2.00. The lowest BCUT2D eigenvalue weighted by Crippen LogP contribution is -2.37. The van der Waals surface area contributed by atoms with E-state index in [1.54, 1.807) is 0 Å². The normalized spacial score (nSPS) is 10.8. The lowest BCUT2D eigenvalue weighted by Gasteiger charge is -2.21. The van der Waals surface area contributed by atoms with Crippen molar-refractivity contribution in [3.05, 3.63) is 35.4 Å². The first kappa shape index (κ1) is 17.5. The zero-order chi connectivity index (χ0) is 16.8. The van der Waals surface area contributed by atoms with Gasteiger partial charge in [0.25, 0.3) is 0 Å². The second-order valence-corrected chi connectivity index (χ2v) is 6.12. The van der Waals surface area contributed by atoms with Gasteiger partial charge < -0.3 is 10.2 Å². The Hall–Kier alpha value is -1.89.